The molecule has 0 aromatic rings. The van der Waals surface area contributed by atoms with Crippen LogP contribution in [0, 0.1) is 5.82 Å². The van der Waals surface area contributed by atoms with E-state index in [4.69, 9.17) is 9.84 Å². The second-order valence-corrected chi connectivity index (χ2v) is 4.90. The summed E-state index contributed by atoms with van der Waals surface area (Å²) >= 11 is 0. The molecule has 0 aromatic heterocycles. The lowest BCUT2D eigenvalue weighted by atomic mass is 10.0. The average Bonchev–Trinajstić information content (AvgIpc) is 2.75. The van der Waals surface area contributed by atoms with Crippen molar-refractivity contribution in [2.75, 3.05) is 6.61 Å². The second kappa shape index (κ2) is 5.15. The summed E-state index contributed by atoms with van der Waals surface area (Å²) in [5, 5.41) is 28.7. The molecule has 3 heterocycles. The van der Waals surface area contributed by atoms with E-state index in [-0.39, 0.29) is 11.4 Å². The highest BCUT2D eigenvalue weighted by Crippen LogP contribution is 2.33. The van der Waals surface area contributed by atoms with Gasteiger partial charge < -0.3 is 25.0 Å². The van der Waals surface area contributed by atoms with E-state index in [1.165, 1.54) is 12.1 Å². The van der Waals surface area contributed by atoms with E-state index in [1.54, 1.807) is 0 Å². The lowest BCUT2D eigenvalue weighted by Gasteiger charge is -2.15. The summed E-state index contributed by atoms with van der Waals surface area (Å²) in [5.41, 5.74) is -0.313. The summed E-state index contributed by atoms with van der Waals surface area (Å²) in [7, 11) is 0. The van der Waals surface area contributed by atoms with Gasteiger partial charge in [0.1, 0.15) is 36.1 Å². The number of aromatic nitrogens is 2. The number of fused-ring (bicyclic) bond motifs is 1. The number of hydrogen-bond donors (Lipinski definition) is 4. The maximum atomic E-state index is 13.2. The quantitative estimate of drug-likeness (QED) is 0.575. The topological polar surface area (TPSA) is 116 Å². The third-order valence-corrected chi connectivity index (χ3v) is 3.53. The zero-order valence-electron chi connectivity index (χ0n) is 10.7. The average molecular weight is 296 g/mol. The first-order chi connectivity index (χ1) is 10.0. The smallest absolute Gasteiger partial charge is 0.277 e. The van der Waals surface area contributed by atoms with E-state index < -0.39 is 42.4 Å². The molecule has 0 spiro atoms. The van der Waals surface area contributed by atoms with Crippen molar-refractivity contribution in [3.63, 3.8) is 0 Å². The van der Waals surface area contributed by atoms with Crippen LogP contribution in [-0.4, -0.2) is 50.2 Å². The maximum Gasteiger partial charge on any atom is 0.277 e. The molecule has 4 atom stereocenters. The van der Waals surface area contributed by atoms with Crippen molar-refractivity contribution >= 4 is 0 Å². The number of ether oxygens (including phenoxy) is 1. The van der Waals surface area contributed by atoms with Gasteiger partial charge in [-0.25, -0.2) is 4.39 Å². The van der Waals surface area contributed by atoms with Gasteiger partial charge in [0.2, 0.25) is 0 Å². The molecule has 1 fully saturated rings. The molecule has 3 aliphatic rings. The third kappa shape index (κ3) is 2.32. The van der Waals surface area contributed by atoms with Crippen molar-refractivity contribution in [2.45, 2.75) is 24.4 Å². The van der Waals surface area contributed by atoms with E-state index in [9.17, 15) is 19.4 Å². The minimum Gasteiger partial charge on any atom is -0.394 e. The molecule has 0 saturated carbocycles. The summed E-state index contributed by atoms with van der Waals surface area (Å²) in [4.78, 5) is 18.3. The van der Waals surface area contributed by atoms with Gasteiger partial charge >= 0.3 is 0 Å². The van der Waals surface area contributed by atoms with Crippen LogP contribution in [0.15, 0.2) is 23.1 Å². The van der Waals surface area contributed by atoms with Gasteiger partial charge in [0.25, 0.3) is 5.56 Å². The highest BCUT2D eigenvalue weighted by Gasteiger charge is 2.44. The van der Waals surface area contributed by atoms with Crippen LogP contribution < -0.4 is 5.56 Å². The highest BCUT2D eigenvalue weighted by atomic mass is 19.1. The van der Waals surface area contributed by atoms with Crippen molar-refractivity contribution in [1.29, 1.82) is 0 Å². The molecule has 0 radical (unpaired) electrons. The number of pyridine rings is 2. The van der Waals surface area contributed by atoms with E-state index in [1.807, 2.05) is 0 Å². The minimum absolute atomic E-state index is 0.00370. The fourth-order valence-electron chi connectivity index (χ4n) is 2.44. The van der Waals surface area contributed by atoms with E-state index >= 15 is 0 Å². The van der Waals surface area contributed by atoms with E-state index in [2.05, 4.69) is 9.97 Å². The number of H-pyrrole nitrogens is 1. The van der Waals surface area contributed by atoms with Gasteiger partial charge in [-0.3, -0.25) is 4.79 Å². The van der Waals surface area contributed by atoms with Crippen LogP contribution in [0.5, 0.6) is 0 Å². The Bertz CT molecular complexity index is 691. The van der Waals surface area contributed by atoms with Crippen molar-refractivity contribution in [1.82, 2.24) is 9.97 Å². The molecule has 1 unspecified atom stereocenters. The molecule has 112 valence electrons. The number of hydrogen-bond acceptors (Lipinski definition) is 6. The Morgan fingerprint density at radius 3 is 2.76 bits per heavy atom. The lowest BCUT2D eigenvalue weighted by molar-refractivity contribution is -0.0231. The van der Waals surface area contributed by atoms with Gasteiger partial charge in [-0.1, -0.05) is 0 Å². The first-order valence-electron chi connectivity index (χ1n) is 6.32. The Balaban J connectivity index is 2.07. The fourth-order valence-corrected chi connectivity index (χ4v) is 2.44. The Hall–Kier alpha value is -1.87. The van der Waals surface area contributed by atoms with Crippen molar-refractivity contribution in [2.24, 2.45) is 0 Å². The number of nitrogens with zero attached hydrogens (tertiary/aromatic N) is 1. The van der Waals surface area contributed by atoms with Gasteiger partial charge in [-0.15, -0.1) is 0 Å². The fraction of sp³-hybridized carbons (Fsp3) is 0.385. The van der Waals surface area contributed by atoms with Crippen LogP contribution in [0.25, 0.3) is 11.4 Å². The van der Waals surface area contributed by atoms with E-state index in [0.29, 0.717) is 5.56 Å². The Labute approximate surface area is 118 Å². The van der Waals surface area contributed by atoms with Gasteiger partial charge in [0.05, 0.1) is 12.2 Å². The van der Waals surface area contributed by atoms with Crippen LogP contribution >= 0.6 is 0 Å². The van der Waals surface area contributed by atoms with Gasteiger partial charge in [0, 0.05) is 11.8 Å². The molecule has 1 saturated heterocycles. The monoisotopic (exact) mass is 296 g/mol. The molecule has 0 aromatic carbocycles. The van der Waals surface area contributed by atoms with Crippen molar-refractivity contribution in [3.8, 4) is 11.4 Å². The SMILES string of the molecule is O=c1nc2[nH]cc(F)cc-2cc1[C@@H]1O[C@H](CO)C(O)[C@@H]1O. The molecule has 21 heavy (non-hydrogen) atoms. The number of aromatic amines is 1. The van der Waals surface area contributed by atoms with Crippen LogP contribution in [0.1, 0.15) is 11.7 Å². The summed E-state index contributed by atoms with van der Waals surface area (Å²) in [6, 6.07) is 2.54. The van der Waals surface area contributed by atoms with Crippen molar-refractivity contribution < 1.29 is 24.4 Å². The number of rotatable bonds is 2. The Kier molecular flexibility index (Phi) is 3.46. The zero-order valence-corrected chi connectivity index (χ0v) is 10.7. The number of aliphatic hydroxyl groups is 3. The third-order valence-electron chi connectivity index (χ3n) is 3.53. The normalized spacial score (nSPS) is 29.1. The number of halogens is 1. The van der Waals surface area contributed by atoms with Gasteiger partial charge in [-0.2, -0.15) is 4.98 Å². The van der Waals surface area contributed by atoms with E-state index in [0.717, 1.165) is 6.20 Å². The standard InChI is InChI=1S/C13H13FN2O5/c14-6-1-5-2-7(13(20)16-12(5)15-3-6)11-10(19)9(18)8(4-17)21-11/h1-3,8-11,17-19H,4H2,(H,15,16,20)/t8-,9?,10+,11+/m1/s1. The largest absolute Gasteiger partial charge is 0.394 e. The Morgan fingerprint density at radius 2 is 2.10 bits per heavy atom. The predicted molar refractivity (Wildman–Crippen MR) is 68.2 cm³/mol. The molecule has 0 aliphatic carbocycles. The van der Waals surface area contributed by atoms with Gasteiger partial charge in [0.15, 0.2) is 0 Å². The minimum atomic E-state index is -1.37. The lowest BCUT2D eigenvalue weighted by Crippen LogP contribution is -2.33. The molecule has 3 aliphatic heterocycles. The molecular formula is C13H13FN2O5. The second-order valence-electron chi connectivity index (χ2n) is 4.90. The molecular weight excluding hydrogens is 283 g/mol. The first-order valence-corrected chi connectivity index (χ1v) is 6.32. The van der Waals surface area contributed by atoms with Crippen LogP contribution in [0.4, 0.5) is 4.39 Å². The molecule has 3 rings (SSSR count). The highest BCUT2D eigenvalue weighted by molar-refractivity contribution is 5.57. The summed E-state index contributed by atoms with van der Waals surface area (Å²) in [6.07, 6.45) is -3.72. The molecule has 0 amide bonds. The van der Waals surface area contributed by atoms with Crippen LogP contribution in [-0.2, 0) is 4.74 Å². The number of aliphatic hydroxyl groups excluding tert-OH is 3. The molecule has 8 heteroatoms. The Morgan fingerprint density at radius 1 is 1.33 bits per heavy atom. The summed E-state index contributed by atoms with van der Waals surface area (Å²) in [6.45, 7) is -0.494. The van der Waals surface area contributed by atoms with Crippen molar-refractivity contribution in [3.05, 3.63) is 40.1 Å². The zero-order chi connectivity index (χ0) is 15.1. The summed E-state index contributed by atoms with van der Waals surface area (Å²) < 4.78 is 18.5. The maximum absolute atomic E-state index is 13.2. The molecule has 7 nitrogen and oxygen atoms in total. The van der Waals surface area contributed by atoms with Crippen LogP contribution in [0.3, 0.4) is 0 Å². The van der Waals surface area contributed by atoms with Crippen LogP contribution in [0.2, 0.25) is 0 Å². The van der Waals surface area contributed by atoms with Gasteiger partial charge in [-0.05, 0) is 12.1 Å². The first kappa shape index (κ1) is 14.1. The molecule has 0 bridgehead atoms. The predicted octanol–water partition coefficient (Wildman–Crippen LogP) is -0.832. The number of nitrogens with one attached hydrogen (secondary N) is 1. The summed E-state index contributed by atoms with van der Waals surface area (Å²) in [5.74, 6) is -0.327. The molecule has 4 N–H and O–H groups in total.